The summed E-state index contributed by atoms with van der Waals surface area (Å²) in [7, 11) is 0. The molecule has 0 aromatic heterocycles. The molecule has 1 nitrogen and oxygen atoms in total. The van der Waals surface area contributed by atoms with Crippen LogP contribution in [-0.4, -0.2) is 0 Å². The molecule has 0 spiro atoms. The van der Waals surface area contributed by atoms with Crippen molar-refractivity contribution in [3.63, 3.8) is 0 Å². The fourth-order valence-electron chi connectivity index (χ4n) is 6.30. The van der Waals surface area contributed by atoms with Gasteiger partial charge in [0.15, 0.2) is 0 Å². The first kappa shape index (κ1) is 26.5. The van der Waals surface area contributed by atoms with Gasteiger partial charge in [0.25, 0.3) is 0 Å². The van der Waals surface area contributed by atoms with Gasteiger partial charge in [-0.25, -0.2) is 17.6 Å². The second kappa shape index (κ2) is 12.1. The Bertz CT molecular complexity index is 1060. The highest BCUT2D eigenvalue weighted by atomic mass is 19.1. The van der Waals surface area contributed by atoms with Crippen molar-refractivity contribution in [1.29, 1.82) is 5.26 Å². The van der Waals surface area contributed by atoms with Crippen LogP contribution in [0.25, 0.3) is 0 Å². The number of nitrogens with zero attached hydrogens (tertiary/aromatic N) is 1. The van der Waals surface area contributed by atoms with Crippen LogP contribution in [0, 0.1) is 46.4 Å². The number of rotatable bonds is 8. The monoisotopic (exact) mass is 497 g/mol. The smallest absolute Gasteiger partial charge is 0.144 e. The lowest BCUT2D eigenvalue weighted by Gasteiger charge is -2.29. The molecule has 2 saturated carbocycles. The number of hydrogen-bond acceptors (Lipinski definition) is 1. The average molecular weight is 498 g/mol. The number of allylic oxidation sites excluding steroid dienone is 1. The van der Waals surface area contributed by atoms with Gasteiger partial charge in [-0.1, -0.05) is 6.08 Å². The van der Waals surface area contributed by atoms with Crippen LogP contribution in [-0.2, 0) is 6.42 Å². The molecule has 2 fully saturated rings. The Morgan fingerprint density at radius 1 is 0.722 bits per heavy atom. The Labute approximate surface area is 212 Å². The minimum absolute atomic E-state index is 0.0395. The fraction of sp³-hybridized carbons (Fsp3) is 0.516. The standard InChI is InChI=1S/C31H35F4N/c1-2-3-4-20-5-10-22(11-6-20)24-15-28(32)26(29(33)16-24)14-9-21-7-12-23(13-8-21)25-17-30(34)27(19-36)31(35)18-25/h2,15-18,20-23H,1,3-14H2. The first-order valence-electron chi connectivity index (χ1n) is 13.4. The van der Waals surface area contributed by atoms with Gasteiger partial charge in [-0.15, -0.1) is 6.58 Å². The molecule has 36 heavy (non-hydrogen) atoms. The normalized spacial score (nSPS) is 24.3. The minimum Gasteiger partial charge on any atom is -0.207 e. The average Bonchev–Trinajstić information content (AvgIpc) is 2.87. The van der Waals surface area contributed by atoms with Crippen molar-refractivity contribution in [3.05, 3.63) is 82.4 Å². The summed E-state index contributed by atoms with van der Waals surface area (Å²) >= 11 is 0. The maximum Gasteiger partial charge on any atom is 0.144 e. The molecule has 2 aromatic rings. The Kier molecular flexibility index (Phi) is 8.88. The van der Waals surface area contributed by atoms with Crippen molar-refractivity contribution in [3.8, 4) is 6.07 Å². The quantitative estimate of drug-likeness (QED) is 0.263. The van der Waals surface area contributed by atoms with Gasteiger partial charge in [-0.3, -0.25) is 0 Å². The van der Waals surface area contributed by atoms with Crippen molar-refractivity contribution in [1.82, 2.24) is 0 Å². The van der Waals surface area contributed by atoms with E-state index in [0.29, 0.717) is 30.2 Å². The molecule has 0 bridgehead atoms. The lowest BCUT2D eigenvalue weighted by Crippen LogP contribution is -2.16. The van der Waals surface area contributed by atoms with E-state index in [9.17, 15) is 17.6 Å². The van der Waals surface area contributed by atoms with E-state index in [1.165, 1.54) is 12.1 Å². The third-order valence-electron chi connectivity index (χ3n) is 8.56. The lowest BCUT2D eigenvalue weighted by molar-refractivity contribution is 0.306. The SMILES string of the molecule is C=CCCC1CCC(c2cc(F)c(CCC3CCC(c4cc(F)c(C#N)c(F)c4)CC3)c(F)c2)CC1. The third kappa shape index (κ3) is 6.20. The van der Waals surface area contributed by atoms with Crippen LogP contribution in [0.3, 0.4) is 0 Å². The summed E-state index contributed by atoms with van der Waals surface area (Å²) in [5.74, 6) is -1.20. The molecule has 192 valence electrons. The zero-order valence-electron chi connectivity index (χ0n) is 20.8. The molecule has 5 heteroatoms. The van der Waals surface area contributed by atoms with Gasteiger partial charge in [0.05, 0.1) is 0 Å². The maximum absolute atomic E-state index is 14.9. The molecule has 0 saturated heterocycles. The third-order valence-corrected chi connectivity index (χ3v) is 8.56. The van der Waals surface area contributed by atoms with Crippen LogP contribution < -0.4 is 0 Å². The molecule has 0 heterocycles. The van der Waals surface area contributed by atoms with Gasteiger partial charge in [0, 0.05) is 5.56 Å². The number of hydrogen-bond donors (Lipinski definition) is 0. The van der Waals surface area contributed by atoms with E-state index >= 15 is 0 Å². The molecule has 0 aliphatic heterocycles. The van der Waals surface area contributed by atoms with Crippen LogP contribution in [0.4, 0.5) is 17.6 Å². The Balaban J connectivity index is 1.30. The van der Waals surface area contributed by atoms with Crippen LogP contribution >= 0.6 is 0 Å². The van der Waals surface area contributed by atoms with Crippen LogP contribution in [0.2, 0.25) is 0 Å². The Morgan fingerprint density at radius 3 is 1.61 bits per heavy atom. The van der Waals surface area contributed by atoms with E-state index in [-0.39, 0.29) is 17.4 Å². The Hall–Kier alpha value is -2.61. The van der Waals surface area contributed by atoms with Gasteiger partial charge in [-0.05, 0) is 136 Å². The minimum atomic E-state index is -0.815. The molecule has 2 aliphatic carbocycles. The summed E-state index contributed by atoms with van der Waals surface area (Å²) in [6.07, 6.45) is 12.6. The second-order valence-electron chi connectivity index (χ2n) is 10.8. The van der Waals surface area contributed by atoms with E-state index in [0.717, 1.165) is 69.8 Å². The maximum atomic E-state index is 14.9. The van der Waals surface area contributed by atoms with Gasteiger partial charge in [-0.2, -0.15) is 5.26 Å². The fourth-order valence-corrected chi connectivity index (χ4v) is 6.30. The summed E-state index contributed by atoms with van der Waals surface area (Å²) in [6.45, 7) is 3.79. The van der Waals surface area contributed by atoms with Gasteiger partial charge in [0.1, 0.15) is 34.9 Å². The highest BCUT2D eigenvalue weighted by Crippen LogP contribution is 2.40. The van der Waals surface area contributed by atoms with Gasteiger partial charge < -0.3 is 0 Å². The van der Waals surface area contributed by atoms with Crippen LogP contribution in [0.5, 0.6) is 0 Å². The van der Waals surface area contributed by atoms with Crippen LogP contribution in [0.15, 0.2) is 36.9 Å². The van der Waals surface area contributed by atoms with E-state index in [2.05, 4.69) is 6.58 Å². The van der Waals surface area contributed by atoms with Gasteiger partial charge >= 0.3 is 0 Å². The summed E-state index contributed by atoms with van der Waals surface area (Å²) in [6, 6.07) is 7.21. The number of nitriles is 1. The molecule has 0 N–H and O–H groups in total. The molecule has 0 atom stereocenters. The molecule has 0 radical (unpaired) electrons. The molecule has 0 amide bonds. The number of benzene rings is 2. The zero-order chi connectivity index (χ0) is 25.7. The number of halogens is 4. The molecule has 2 aliphatic rings. The van der Waals surface area contributed by atoms with Crippen molar-refractivity contribution in [2.24, 2.45) is 11.8 Å². The topological polar surface area (TPSA) is 23.8 Å². The molecule has 4 rings (SSSR count). The molecule has 0 unspecified atom stereocenters. The first-order chi connectivity index (χ1) is 17.4. The highest BCUT2D eigenvalue weighted by Gasteiger charge is 2.26. The summed E-state index contributed by atoms with van der Waals surface area (Å²) in [4.78, 5) is 0. The van der Waals surface area contributed by atoms with E-state index in [4.69, 9.17) is 5.26 Å². The molecular weight excluding hydrogens is 462 g/mol. The first-order valence-corrected chi connectivity index (χ1v) is 13.4. The van der Waals surface area contributed by atoms with Crippen molar-refractivity contribution in [2.75, 3.05) is 0 Å². The molecular formula is C31H35F4N. The Morgan fingerprint density at radius 2 is 1.17 bits per heavy atom. The van der Waals surface area contributed by atoms with E-state index in [1.54, 1.807) is 18.2 Å². The van der Waals surface area contributed by atoms with Crippen LogP contribution in [0.1, 0.15) is 105 Å². The predicted molar refractivity (Wildman–Crippen MR) is 135 cm³/mol. The lowest BCUT2D eigenvalue weighted by atomic mass is 9.76. The van der Waals surface area contributed by atoms with Crippen molar-refractivity contribution >= 4 is 0 Å². The summed E-state index contributed by atoms with van der Waals surface area (Å²) in [5.41, 5.74) is 1.01. The second-order valence-corrected chi connectivity index (χ2v) is 10.8. The van der Waals surface area contributed by atoms with Gasteiger partial charge in [0.2, 0.25) is 0 Å². The predicted octanol–water partition coefficient (Wildman–Crippen LogP) is 9.26. The summed E-state index contributed by atoms with van der Waals surface area (Å²) in [5, 5.41) is 8.86. The molecule has 2 aromatic carbocycles. The van der Waals surface area contributed by atoms with Crippen molar-refractivity contribution < 1.29 is 17.6 Å². The van der Waals surface area contributed by atoms with E-state index < -0.39 is 28.8 Å². The zero-order valence-corrected chi connectivity index (χ0v) is 20.8. The summed E-state index contributed by atoms with van der Waals surface area (Å²) < 4.78 is 57.9. The highest BCUT2D eigenvalue weighted by molar-refractivity contribution is 5.36. The van der Waals surface area contributed by atoms with E-state index in [1.807, 2.05) is 6.08 Å². The van der Waals surface area contributed by atoms with Crippen molar-refractivity contribution in [2.45, 2.75) is 88.9 Å². The largest absolute Gasteiger partial charge is 0.207 e.